The van der Waals surface area contributed by atoms with Gasteiger partial charge in [-0.2, -0.15) is 0 Å². The van der Waals surface area contributed by atoms with E-state index < -0.39 is 0 Å². The van der Waals surface area contributed by atoms with Gasteiger partial charge in [-0.25, -0.2) is 0 Å². The fraction of sp³-hybridized carbons (Fsp3) is 0.125. The van der Waals surface area contributed by atoms with E-state index in [4.69, 9.17) is 4.74 Å². The van der Waals surface area contributed by atoms with Crippen LogP contribution in [0.4, 0.5) is 5.69 Å². The number of amides is 1. The van der Waals surface area contributed by atoms with Gasteiger partial charge in [0.05, 0.1) is 12.8 Å². The number of ether oxygens (including phenoxy) is 1. The molecule has 0 spiro atoms. The second-order valence-corrected chi connectivity index (χ2v) is 1.93. The number of benzene rings is 1. The van der Waals surface area contributed by atoms with E-state index in [-0.39, 0.29) is 0 Å². The predicted octanol–water partition coefficient (Wildman–Crippen LogP) is 1.17. The van der Waals surface area contributed by atoms with E-state index in [2.05, 4.69) is 5.32 Å². The molecule has 3 heteroatoms. The molecule has 0 atom stereocenters. The Kier molecular flexibility index (Phi) is 2.49. The van der Waals surface area contributed by atoms with Crippen LogP contribution in [-0.2, 0) is 4.79 Å². The highest BCUT2D eigenvalue weighted by Crippen LogP contribution is 2.21. The summed E-state index contributed by atoms with van der Waals surface area (Å²) in [7, 11) is 1.55. The van der Waals surface area contributed by atoms with Crippen molar-refractivity contribution in [2.24, 2.45) is 0 Å². The van der Waals surface area contributed by atoms with Gasteiger partial charge in [0.1, 0.15) is 5.75 Å². The molecule has 1 aromatic rings. The summed E-state index contributed by atoms with van der Waals surface area (Å²) in [6, 6.07) is 7.14. The first kappa shape index (κ1) is 7.60. The van der Waals surface area contributed by atoms with E-state index in [1.165, 1.54) is 0 Å². The first-order chi connectivity index (χ1) is 5.38. The largest absolute Gasteiger partial charge is 0.495 e. The van der Waals surface area contributed by atoms with Crippen LogP contribution in [0.3, 0.4) is 0 Å². The number of carbonyl (C=O) groups excluding carboxylic acids is 1. The molecular weight excluding hydrogens is 142 g/mol. The van der Waals surface area contributed by atoms with Gasteiger partial charge in [-0.1, -0.05) is 12.1 Å². The lowest BCUT2D eigenvalue weighted by atomic mass is 10.3. The van der Waals surface area contributed by atoms with Gasteiger partial charge in [-0.3, -0.25) is 4.79 Å². The minimum absolute atomic E-state index is 0.630. The van der Waals surface area contributed by atoms with Gasteiger partial charge >= 0.3 is 6.41 Å². The second kappa shape index (κ2) is 3.61. The summed E-state index contributed by atoms with van der Waals surface area (Å²) in [6.07, 6.45) is 1.58. The van der Waals surface area contributed by atoms with Crippen LogP contribution in [0.5, 0.6) is 5.75 Å². The Labute approximate surface area is 65.0 Å². The lowest BCUT2D eigenvalue weighted by Gasteiger charge is -2.04. The molecule has 0 bridgehead atoms. The monoisotopic (exact) mass is 150 g/mol. The Bertz CT molecular complexity index is 248. The van der Waals surface area contributed by atoms with E-state index in [1.807, 2.05) is 12.1 Å². The van der Waals surface area contributed by atoms with E-state index in [9.17, 15) is 4.79 Å². The molecule has 1 rings (SSSR count). The highest BCUT2D eigenvalue weighted by Gasteiger charge is 1.97. The smallest absolute Gasteiger partial charge is 0.314 e. The highest BCUT2D eigenvalue weighted by molar-refractivity contribution is 5.75. The van der Waals surface area contributed by atoms with E-state index in [1.54, 1.807) is 25.7 Å². The van der Waals surface area contributed by atoms with Crippen LogP contribution in [-0.4, -0.2) is 13.5 Å². The maximum absolute atomic E-state index is 9.95. The summed E-state index contributed by atoms with van der Waals surface area (Å²) in [6.45, 7) is 0. The second-order valence-electron chi connectivity index (χ2n) is 1.93. The van der Waals surface area contributed by atoms with Gasteiger partial charge in [0.2, 0.25) is 0 Å². The van der Waals surface area contributed by atoms with Crippen LogP contribution < -0.4 is 10.1 Å². The SMILES string of the molecule is COc1ccccc1N[C]=O. The average molecular weight is 150 g/mol. The molecule has 0 aromatic heterocycles. The summed E-state index contributed by atoms with van der Waals surface area (Å²) >= 11 is 0. The molecule has 1 radical (unpaired) electrons. The normalized spacial score (nSPS) is 8.82. The average Bonchev–Trinajstić information content (AvgIpc) is 2.06. The van der Waals surface area contributed by atoms with Crippen molar-refractivity contribution in [3.63, 3.8) is 0 Å². The molecule has 0 unspecified atom stereocenters. The third-order valence-electron chi connectivity index (χ3n) is 1.29. The number of methoxy groups -OCH3 is 1. The van der Waals surface area contributed by atoms with Crippen LogP contribution >= 0.6 is 0 Å². The number of hydrogen-bond acceptors (Lipinski definition) is 2. The van der Waals surface area contributed by atoms with Crippen LogP contribution in [0.15, 0.2) is 24.3 Å². The third kappa shape index (κ3) is 1.70. The molecule has 0 aliphatic heterocycles. The molecule has 11 heavy (non-hydrogen) atoms. The topological polar surface area (TPSA) is 38.3 Å². The summed E-state index contributed by atoms with van der Waals surface area (Å²) in [5, 5.41) is 2.40. The molecule has 0 aliphatic carbocycles. The van der Waals surface area contributed by atoms with Gasteiger partial charge in [0.25, 0.3) is 0 Å². The predicted molar refractivity (Wildman–Crippen MR) is 42.3 cm³/mol. The summed E-state index contributed by atoms with van der Waals surface area (Å²) in [5.74, 6) is 0.635. The molecular formula is C8H8NO2. The van der Waals surface area contributed by atoms with Crippen molar-refractivity contribution in [2.75, 3.05) is 12.4 Å². The molecule has 0 heterocycles. The maximum Gasteiger partial charge on any atom is 0.314 e. The highest BCUT2D eigenvalue weighted by atomic mass is 16.5. The molecule has 0 aliphatic rings. The van der Waals surface area contributed by atoms with Crippen LogP contribution in [0, 0.1) is 0 Å². The molecule has 3 nitrogen and oxygen atoms in total. The standard InChI is InChI=1S/C8H8NO2/c1-11-8-5-3-2-4-7(8)9-6-10/h2-5H,1H3,(H,9,10). The summed E-state index contributed by atoms with van der Waals surface area (Å²) in [4.78, 5) is 9.95. The van der Waals surface area contributed by atoms with Crippen molar-refractivity contribution < 1.29 is 9.53 Å². The number of nitrogens with one attached hydrogen (secondary N) is 1. The van der Waals surface area contributed by atoms with Crippen molar-refractivity contribution in [3.05, 3.63) is 24.3 Å². The van der Waals surface area contributed by atoms with E-state index >= 15 is 0 Å². The number of hydrogen-bond donors (Lipinski definition) is 1. The van der Waals surface area contributed by atoms with Crippen molar-refractivity contribution in [3.8, 4) is 5.75 Å². The van der Waals surface area contributed by atoms with Gasteiger partial charge in [0.15, 0.2) is 0 Å². The Hall–Kier alpha value is -1.51. The van der Waals surface area contributed by atoms with Crippen molar-refractivity contribution >= 4 is 12.1 Å². The molecule has 1 N–H and O–H groups in total. The van der Waals surface area contributed by atoms with Crippen LogP contribution in [0.1, 0.15) is 0 Å². The Morgan fingerprint density at radius 3 is 2.82 bits per heavy atom. The van der Waals surface area contributed by atoms with E-state index in [0.29, 0.717) is 11.4 Å². The van der Waals surface area contributed by atoms with Crippen molar-refractivity contribution in [2.45, 2.75) is 0 Å². The first-order valence-electron chi connectivity index (χ1n) is 3.14. The third-order valence-corrected chi connectivity index (χ3v) is 1.29. The maximum atomic E-state index is 9.95. The summed E-state index contributed by atoms with van der Waals surface area (Å²) < 4.78 is 4.96. The fourth-order valence-electron chi connectivity index (χ4n) is 0.803. The first-order valence-corrected chi connectivity index (χ1v) is 3.14. The Morgan fingerprint density at radius 2 is 2.18 bits per heavy atom. The molecule has 1 amide bonds. The summed E-state index contributed by atoms with van der Waals surface area (Å²) in [5.41, 5.74) is 0.630. The lowest BCUT2D eigenvalue weighted by Crippen LogP contribution is -1.96. The molecule has 0 saturated carbocycles. The van der Waals surface area contributed by atoms with Crippen LogP contribution in [0.2, 0.25) is 0 Å². The Balaban J connectivity index is 2.92. The zero-order chi connectivity index (χ0) is 8.10. The Morgan fingerprint density at radius 1 is 1.45 bits per heavy atom. The van der Waals surface area contributed by atoms with Gasteiger partial charge < -0.3 is 10.1 Å². The molecule has 0 saturated heterocycles. The zero-order valence-corrected chi connectivity index (χ0v) is 6.13. The minimum Gasteiger partial charge on any atom is -0.495 e. The fourth-order valence-corrected chi connectivity index (χ4v) is 0.803. The number of rotatable bonds is 3. The van der Waals surface area contributed by atoms with Gasteiger partial charge in [-0.05, 0) is 12.1 Å². The minimum atomic E-state index is 0.630. The number of anilines is 1. The lowest BCUT2D eigenvalue weighted by molar-refractivity contribution is 0.417. The van der Waals surface area contributed by atoms with Crippen LogP contribution in [0.25, 0.3) is 0 Å². The molecule has 1 aromatic carbocycles. The molecule has 0 fully saturated rings. The van der Waals surface area contributed by atoms with E-state index in [0.717, 1.165) is 0 Å². The van der Waals surface area contributed by atoms with Gasteiger partial charge in [-0.15, -0.1) is 0 Å². The zero-order valence-electron chi connectivity index (χ0n) is 6.13. The number of para-hydroxylation sites is 2. The quantitative estimate of drug-likeness (QED) is 0.657. The van der Waals surface area contributed by atoms with Crippen molar-refractivity contribution in [1.29, 1.82) is 0 Å². The van der Waals surface area contributed by atoms with Crippen molar-refractivity contribution in [1.82, 2.24) is 0 Å². The molecule has 57 valence electrons. The van der Waals surface area contributed by atoms with Gasteiger partial charge in [0, 0.05) is 0 Å².